The normalized spacial score (nSPS) is 19.7. The van der Waals surface area contributed by atoms with Crippen molar-refractivity contribution in [2.45, 2.75) is 19.3 Å². The van der Waals surface area contributed by atoms with Gasteiger partial charge in [-0.2, -0.15) is 0 Å². The van der Waals surface area contributed by atoms with Crippen LogP contribution in [0.15, 0.2) is 34.9 Å². The zero-order valence-corrected chi connectivity index (χ0v) is 9.94. The molecule has 1 aliphatic rings. The van der Waals surface area contributed by atoms with Crippen molar-refractivity contribution in [1.82, 2.24) is 10.3 Å². The average Bonchev–Trinajstić information content (AvgIpc) is 3.00. The summed E-state index contributed by atoms with van der Waals surface area (Å²) in [5, 5.41) is 3.33. The van der Waals surface area contributed by atoms with Gasteiger partial charge in [0, 0.05) is 18.0 Å². The van der Waals surface area contributed by atoms with Gasteiger partial charge in [0.15, 0.2) is 5.89 Å². The molecule has 3 heteroatoms. The van der Waals surface area contributed by atoms with Gasteiger partial charge >= 0.3 is 0 Å². The summed E-state index contributed by atoms with van der Waals surface area (Å²) >= 11 is 0. The second-order valence-electron chi connectivity index (χ2n) is 4.63. The highest BCUT2D eigenvalue weighted by Gasteiger charge is 2.21. The molecule has 0 saturated carbocycles. The Hall–Kier alpha value is -1.61. The van der Waals surface area contributed by atoms with Crippen LogP contribution in [0, 0.1) is 6.92 Å². The monoisotopic (exact) mass is 228 g/mol. The Morgan fingerprint density at radius 3 is 2.82 bits per heavy atom. The van der Waals surface area contributed by atoms with E-state index in [4.69, 9.17) is 4.42 Å². The van der Waals surface area contributed by atoms with Crippen LogP contribution >= 0.6 is 0 Å². The minimum Gasteiger partial charge on any atom is -0.448 e. The third-order valence-corrected chi connectivity index (χ3v) is 3.28. The third kappa shape index (κ3) is 2.11. The number of aryl methyl sites for hydroxylation is 1. The lowest BCUT2D eigenvalue weighted by atomic mass is 10.1. The summed E-state index contributed by atoms with van der Waals surface area (Å²) in [4.78, 5) is 4.59. The van der Waals surface area contributed by atoms with Crippen molar-refractivity contribution in [3.05, 3.63) is 42.0 Å². The number of hydrogen-bond donors (Lipinski definition) is 1. The van der Waals surface area contributed by atoms with E-state index < -0.39 is 0 Å². The maximum atomic E-state index is 5.58. The molecule has 1 aliphatic heterocycles. The number of rotatable bonds is 2. The van der Waals surface area contributed by atoms with E-state index in [-0.39, 0.29) is 0 Å². The minimum absolute atomic E-state index is 0.439. The molecule has 0 bridgehead atoms. The summed E-state index contributed by atoms with van der Waals surface area (Å²) in [7, 11) is 0. The highest BCUT2D eigenvalue weighted by Crippen LogP contribution is 2.25. The fourth-order valence-electron chi connectivity index (χ4n) is 2.20. The predicted octanol–water partition coefficient (Wildman–Crippen LogP) is 2.73. The van der Waals surface area contributed by atoms with Crippen molar-refractivity contribution in [3.8, 4) is 11.3 Å². The molecule has 0 aliphatic carbocycles. The Labute approximate surface area is 101 Å². The summed E-state index contributed by atoms with van der Waals surface area (Å²) < 4.78 is 5.58. The van der Waals surface area contributed by atoms with Gasteiger partial charge < -0.3 is 9.73 Å². The molecule has 0 radical (unpaired) electrons. The van der Waals surface area contributed by atoms with E-state index in [1.54, 1.807) is 6.26 Å². The zero-order chi connectivity index (χ0) is 11.7. The fraction of sp³-hybridized carbons (Fsp3) is 0.357. The Bertz CT molecular complexity index is 495. The molecule has 2 aromatic rings. The van der Waals surface area contributed by atoms with Crippen molar-refractivity contribution < 1.29 is 4.42 Å². The van der Waals surface area contributed by atoms with E-state index >= 15 is 0 Å². The van der Waals surface area contributed by atoms with Crippen molar-refractivity contribution in [1.29, 1.82) is 0 Å². The Balaban J connectivity index is 1.86. The highest BCUT2D eigenvalue weighted by atomic mass is 16.3. The quantitative estimate of drug-likeness (QED) is 0.858. The molecule has 1 aromatic carbocycles. The van der Waals surface area contributed by atoms with Crippen LogP contribution in [0.3, 0.4) is 0 Å². The highest BCUT2D eigenvalue weighted by molar-refractivity contribution is 5.58. The Morgan fingerprint density at radius 2 is 2.12 bits per heavy atom. The first-order chi connectivity index (χ1) is 8.33. The third-order valence-electron chi connectivity index (χ3n) is 3.28. The first-order valence-corrected chi connectivity index (χ1v) is 6.06. The molecule has 1 aromatic heterocycles. The molecule has 0 spiro atoms. The molecule has 17 heavy (non-hydrogen) atoms. The molecule has 1 unspecified atom stereocenters. The molecule has 1 fully saturated rings. The van der Waals surface area contributed by atoms with Crippen LogP contribution in [0.25, 0.3) is 11.3 Å². The van der Waals surface area contributed by atoms with Gasteiger partial charge in [0.25, 0.3) is 0 Å². The number of hydrogen-bond acceptors (Lipinski definition) is 3. The van der Waals surface area contributed by atoms with Crippen LogP contribution in [0.5, 0.6) is 0 Å². The van der Waals surface area contributed by atoms with E-state index in [0.29, 0.717) is 5.92 Å². The molecular formula is C14H16N2O. The van der Waals surface area contributed by atoms with Gasteiger partial charge in [-0.05, 0) is 19.9 Å². The summed E-state index contributed by atoms with van der Waals surface area (Å²) in [6.45, 7) is 4.13. The molecule has 3 nitrogen and oxygen atoms in total. The van der Waals surface area contributed by atoms with E-state index in [1.807, 2.05) is 0 Å². The summed E-state index contributed by atoms with van der Waals surface area (Å²) in [5.74, 6) is 1.31. The van der Waals surface area contributed by atoms with Gasteiger partial charge in [-0.1, -0.05) is 29.8 Å². The van der Waals surface area contributed by atoms with Gasteiger partial charge in [-0.25, -0.2) is 4.98 Å². The maximum absolute atomic E-state index is 5.58. The maximum Gasteiger partial charge on any atom is 0.199 e. The van der Waals surface area contributed by atoms with Gasteiger partial charge in [-0.3, -0.25) is 0 Å². The molecule has 2 heterocycles. The van der Waals surface area contributed by atoms with E-state index in [0.717, 1.165) is 36.7 Å². The summed E-state index contributed by atoms with van der Waals surface area (Å²) in [6, 6.07) is 8.37. The lowest BCUT2D eigenvalue weighted by molar-refractivity contribution is 0.457. The van der Waals surface area contributed by atoms with Crippen LogP contribution in [0.2, 0.25) is 0 Å². The fourth-order valence-corrected chi connectivity index (χ4v) is 2.20. The van der Waals surface area contributed by atoms with Crippen LogP contribution < -0.4 is 5.32 Å². The van der Waals surface area contributed by atoms with E-state index in [1.165, 1.54) is 5.56 Å². The van der Waals surface area contributed by atoms with E-state index in [9.17, 15) is 0 Å². The number of benzene rings is 1. The topological polar surface area (TPSA) is 38.1 Å². The lowest BCUT2D eigenvalue weighted by Crippen LogP contribution is -2.08. The average molecular weight is 228 g/mol. The molecule has 1 saturated heterocycles. The van der Waals surface area contributed by atoms with Crippen molar-refractivity contribution in [2.24, 2.45) is 0 Å². The number of nitrogens with zero attached hydrogens (tertiary/aromatic N) is 1. The summed E-state index contributed by atoms with van der Waals surface area (Å²) in [6.07, 6.45) is 2.88. The molecule has 0 amide bonds. The SMILES string of the molecule is Cc1ccc(-c2coc(C3CCNC3)n2)cc1. The second-order valence-corrected chi connectivity index (χ2v) is 4.63. The van der Waals surface area contributed by atoms with Gasteiger partial charge in [-0.15, -0.1) is 0 Å². The van der Waals surface area contributed by atoms with Crippen LogP contribution in [-0.2, 0) is 0 Å². The van der Waals surface area contributed by atoms with Crippen LogP contribution in [0.1, 0.15) is 23.8 Å². The molecule has 1 N–H and O–H groups in total. The molecular weight excluding hydrogens is 212 g/mol. The van der Waals surface area contributed by atoms with Gasteiger partial charge in [0.05, 0.1) is 0 Å². The number of aromatic nitrogens is 1. The largest absolute Gasteiger partial charge is 0.448 e. The minimum atomic E-state index is 0.439. The molecule has 3 rings (SSSR count). The van der Waals surface area contributed by atoms with Crippen LogP contribution in [-0.4, -0.2) is 18.1 Å². The standard InChI is InChI=1S/C14H16N2O/c1-10-2-4-11(5-3-10)13-9-17-14(16-13)12-6-7-15-8-12/h2-5,9,12,15H,6-8H2,1H3. The van der Waals surface area contributed by atoms with Gasteiger partial charge in [0.2, 0.25) is 0 Å². The first kappa shape index (κ1) is 10.5. The number of nitrogens with one attached hydrogen (secondary N) is 1. The summed E-state index contributed by atoms with van der Waals surface area (Å²) in [5.41, 5.74) is 3.32. The number of oxazole rings is 1. The Kier molecular flexibility index (Phi) is 2.69. The van der Waals surface area contributed by atoms with Crippen LogP contribution in [0.4, 0.5) is 0 Å². The molecule has 1 atom stereocenters. The predicted molar refractivity (Wildman–Crippen MR) is 66.9 cm³/mol. The second kappa shape index (κ2) is 4.34. The smallest absolute Gasteiger partial charge is 0.199 e. The van der Waals surface area contributed by atoms with Crippen molar-refractivity contribution >= 4 is 0 Å². The first-order valence-electron chi connectivity index (χ1n) is 6.06. The lowest BCUT2D eigenvalue weighted by Gasteiger charge is -2.00. The zero-order valence-electron chi connectivity index (χ0n) is 9.94. The Morgan fingerprint density at radius 1 is 1.29 bits per heavy atom. The van der Waals surface area contributed by atoms with Crippen molar-refractivity contribution in [3.63, 3.8) is 0 Å². The van der Waals surface area contributed by atoms with Crippen molar-refractivity contribution in [2.75, 3.05) is 13.1 Å². The van der Waals surface area contributed by atoms with E-state index in [2.05, 4.69) is 41.5 Å². The molecule has 88 valence electrons. The van der Waals surface area contributed by atoms with Gasteiger partial charge in [0.1, 0.15) is 12.0 Å².